The first-order valence-corrected chi connectivity index (χ1v) is 6.42. The fraction of sp³-hybridized carbons (Fsp3) is 0.636. The van der Waals surface area contributed by atoms with Crippen LogP contribution in [0.15, 0.2) is 6.20 Å². The fourth-order valence-electron chi connectivity index (χ4n) is 1.71. The van der Waals surface area contributed by atoms with Crippen molar-refractivity contribution in [3.8, 4) is 0 Å². The second kappa shape index (κ2) is 5.19. The molecule has 1 heterocycles. The van der Waals surface area contributed by atoms with Gasteiger partial charge in [0.2, 0.25) is 5.28 Å². The average Bonchev–Trinajstić information content (AvgIpc) is 3.08. The van der Waals surface area contributed by atoms with Gasteiger partial charge in [-0.3, -0.25) is 0 Å². The Hall–Kier alpha value is -0.540. The van der Waals surface area contributed by atoms with Crippen molar-refractivity contribution in [2.24, 2.45) is 0 Å². The molecule has 0 saturated heterocycles. The normalized spacial score (nSPS) is 15.2. The number of anilines is 1. The van der Waals surface area contributed by atoms with Crippen LogP contribution in [0.1, 0.15) is 32.6 Å². The van der Waals surface area contributed by atoms with E-state index in [0.29, 0.717) is 11.1 Å². The van der Waals surface area contributed by atoms with E-state index in [1.54, 1.807) is 6.20 Å². The Morgan fingerprint density at radius 3 is 2.81 bits per heavy atom. The van der Waals surface area contributed by atoms with Crippen LogP contribution >= 0.6 is 23.2 Å². The summed E-state index contributed by atoms with van der Waals surface area (Å²) in [5.74, 6) is 0.789. The number of rotatable bonds is 5. The summed E-state index contributed by atoms with van der Waals surface area (Å²) in [6.07, 6.45) is 6.34. The maximum absolute atomic E-state index is 6.12. The largest absolute Gasteiger partial charge is 0.352 e. The molecule has 1 aliphatic rings. The SMILES string of the molecule is CCCCN(c1nc(Cl)ncc1Cl)C1CC1. The first-order valence-electron chi connectivity index (χ1n) is 5.67. The number of hydrogen-bond donors (Lipinski definition) is 0. The highest BCUT2D eigenvalue weighted by atomic mass is 35.5. The van der Waals surface area contributed by atoms with E-state index in [9.17, 15) is 0 Å². The fourth-order valence-corrected chi connectivity index (χ4v) is 2.04. The van der Waals surface area contributed by atoms with Gasteiger partial charge in [0.25, 0.3) is 0 Å². The highest BCUT2D eigenvalue weighted by Crippen LogP contribution is 2.34. The molecule has 1 aromatic heterocycles. The first kappa shape index (κ1) is 11.9. The van der Waals surface area contributed by atoms with E-state index in [4.69, 9.17) is 23.2 Å². The van der Waals surface area contributed by atoms with Gasteiger partial charge in [0.1, 0.15) is 5.02 Å². The number of unbranched alkanes of at least 4 members (excludes halogenated alkanes) is 1. The molecule has 0 radical (unpaired) electrons. The van der Waals surface area contributed by atoms with Gasteiger partial charge in [-0.05, 0) is 30.9 Å². The molecule has 5 heteroatoms. The number of nitrogens with zero attached hydrogens (tertiary/aromatic N) is 3. The monoisotopic (exact) mass is 259 g/mol. The van der Waals surface area contributed by atoms with Crippen LogP contribution < -0.4 is 4.90 Å². The molecule has 1 aliphatic carbocycles. The molecule has 0 bridgehead atoms. The van der Waals surface area contributed by atoms with E-state index in [-0.39, 0.29) is 5.28 Å². The Bertz CT molecular complexity index is 366. The molecule has 3 nitrogen and oxygen atoms in total. The molecule has 0 unspecified atom stereocenters. The van der Waals surface area contributed by atoms with E-state index in [2.05, 4.69) is 21.8 Å². The third kappa shape index (κ3) is 2.77. The van der Waals surface area contributed by atoms with Gasteiger partial charge in [-0.15, -0.1) is 0 Å². The first-order chi connectivity index (χ1) is 7.72. The summed E-state index contributed by atoms with van der Waals surface area (Å²) in [6.45, 7) is 3.17. The van der Waals surface area contributed by atoms with Crippen molar-refractivity contribution in [1.82, 2.24) is 9.97 Å². The summed E-state index contributed by atoms with van der Waals surface area (Å²) in [5, 5.41) is 0.856. The van der Waals surface area contributed by atoms with Crippen LogP contribution in [0.4, 0.5) is 5.82 Å². The van der Waals surface area contributed by atoms with Crippen molar-refractivity contribution in [2.45, 2.75) is 38.6 Å². The van der Waals surface area contributed by atoms with Crippen LogP contribution in [0.25, 0.3) is 0 Å². The Morgan fingerprint density at radius 2 is 2.19 bits per heavy atom. The Kier molecular flexibility index (Phi) is 3.87. The van der Waals surface area contributed by atoms with Gasteiger partial charge in [0, 0.05) is 12.6 Å². The van der Waals surface area contributed by atoms with Gasteiger partial charge >= 0.3 is 0 Å². The third-order valence-corrected chi connectivity index (χ3v) is 3.16. The van der Waals surface area contributed by atoms with Crippen molar-refractivity contribution < 1.29 is 0 Å². The van der Waals surface area contributed by atoms with E-state index < -0.39 is 0 Å². The predicted octanol–water partition coefficient (Wildman–Crippen LogP) is 3.55. The highest BCUT2D eigenvalue weighted by molar-refractivity contribution is 6.33. The molecule has 0 spiro atoms. The zero-order chi connectivity index (χ0) is 11.5. The van der Waals surface area contributed by atoms with Crippen molar-refractivity contribution in [3.63, 3.8) is 0 Å². The lowest BCUT2D eigenvalue weighted by Crippen LogP contribution is -2.28. The lowest BCUT2D eigenvalue weighted by atomic mass is 10.3. The summed E-state index contributed by atoms with van der Waals surface area (Å²) in [6, 6.07) is 0.593. The molecule has 16 heavy (non-hydrogen) atoms. The maximum atomic E-state index is 6.12. The van der Waals surface area contributed by atoms with Gasteiger partial charge in [-0.1, -0.05) is 24.9 Å². The van der Waals surface area contributed by atoms with Crippen molar-refractivity contribution >= 4 is 29.0 Å². The molecule has 0 aromatic carbocycles. The van der Waals surface area contributed by atoms with Crippen LogP contribution in [0.2, 0.25) is 10.3 Å². The van der Waals surface area contributed by atoms with Crippen molar-refractivity contribution in [2.75, 3.05) is 11.4 Å². The van der Waals surface area contributed by atoms with E-state index in [1.165, 1.54) is 19.3 Å². The molecular formula is C11H15Cl2N3. The molecule has 1 aromatic rings. The summed E-state index contributed by atoms with van der Waals surface area (Å²) in [5.41, 5.74) is 0. The van der Waals surface area contributed by atoms with Crippen LogP contribution in [-0.4, -0.2) is 22.6 Å². The van der Waals surface area contributed by atoms with Gasteiger partial charge in [0.15, 0.2) is 5.82 Å². The molecule has 0 atom stereocenters. The highest BCUT2D eigenvalue weighted by Gasteiger charge is 2.30. The quantitative estimate of drug-likeness (QED) is 0.758. The van der Waals surface area contributed by atoms with E-state index in [0.717, 1.165) is 18.8 Å². The molecule has 0 N–H and O–H groups in total. The minimum atomic E-state index is 0.265. The second-order valence-electron chi connectivity index (χ2n) is 4.09. The van der Waals surface area contributed by atoms with E-state index >= 15 is 0 Å². The Morgan fingerprint density at radius 1 is 1.44 bits per heavy atom. The van der Waals surface area contributed by atoms with Crippen LogP contribution in [0.5, 0.6) is 0 Å². The zero-order valence-corrected chi connectivity index (χ0v) is 10.8. The van der Waals surface area contributed by atoms with Crippen LogP contribution in [-0.2, 0) is 0 Å². The van der Waals surface area contributed by atoms with Gasteiger partial charge in [-0.2, -0.15) is 4.98 Å². The lowest BCUT2D eigenvalue weighted by Gasteiger charge is -2.24. The number of halogens is 2. The molecule has 1 saturated carbocycles. The summed E-state index contributed by atoms with van der Waals surface area (Å²) in [7, 11) is 0. The Labute approximate surface area is 106 Å². The van der Waals surface area contributed by atoms with E-state index in [1.807, 2.05) is 0 Å². The molecule has 2 rings (SSSR count). The van der Waals surface area contributed by atoms with Gasteiger partial charge in [-0.25, -0.2) is 4.98 Å². The summed E-state index contributed by atoms with van der Waals surface area (Å²) < 4.78 is 0. The topological polar surface area (TPSA) is 29.0 Å². The number of hydrogen-bond acceptors (Lipinski definition) is 3. The third-order valence-electron chi connectivity index (χ3n) is 2.71. The minimum absolute atomic E-state index is 0.265. The maximum Gasteiger partial charge on any atom is 0.224 e. The molecule has 0 aliphatic heterocycles. The predicted molar refractivity (Wildman–Crippen MR) is 67.3 cm³/mol. The lowest BCUT2D eigenvalue weighted by molar-refractivity contribution is 0.703. The molecule has 0 amide bonds. The summed E-state index contributed by atoms with van der Waals surface area (Å²) >= 11 is 11.9. The summed E-state index contributed by atoms with van der Waals surface area (Å²) in [4.78, 5) is 10.4. The number of aromatic nitrogens is 2. The van der Waals surface area contributed by atoms with Crippen molar-refractivity contribution in [1.29, 1.82) is 0 Å². The second-order valence-corrected chi connectivity index (χ2v) is 4.83. The zero-order valence-electron chi connectivity index (χ0n) is 9.29. The minimum Gasteiger partial charge on any atom is -0.352 e. The van der Waals surface area contributed by atoms with Gasteiger partial charge < -0.3 is 4.90 Å². The smallest absolute Gasteiger partial charge is 0.224 e. The molecule has 1 fully saturated rings. The Balaban J connectivity index is 2.19. The molecular weight excluding hydrogens is 245 g/mol. The van der Waals surface area contributed by atoms with Crippen molar-refractivity contribution in [3.05, 3.63) is 16.5 Å². The van der Waals surface area contributed by atoms with Crippen LogP contribution in [0, 0.1) is 0 Å². The standard InChI is InChI=1S/C11H15Cl2N3/c1-2-3-6-16(8-4-5-8)10-9(12)7-14-11(13)15-10/h7-8H,2-6H2,1H3. The van der Waals surface area contributed by atoms with Gasteiger partial charge in [0.05, 0.1) is 6.20 Å². The average molecular weight is 260 g/mol. The van der Waals surface area contributed by atoms with Crippen LogP contribution in [0.3, 0.4) is 0 Å². The molecule has 88 valence electrons.